The van der Waals surface area contributed by atoms with Crippen LogP contribution in [0, 0.1) is 0 Å². The summed E-state index contributed by atoms with van der Waals surface area (Å²) >= 11 is 0. The van der Waals surface area contributed by atoms with E-state index in [0.717, 1.165) is 45.1 Å². The monoisotopic (exact) mass is 449 g/mol. The Labute approximate surface area is 199 Å². The second-order valence-electron chi connectivity index (χ2n) is 7.84. The molecule has 6 nitrogen and oxygen atoms in total. The molecule has 3 aromatic rings. The Kier molecular flexibility index (Phi) is 7.08. The number of carbonyl (C=O) groups excluding carboxylic acids is 1. The zero-order valence-electron chi connectivity index (χ0n) is 19.5. The number of fused-ring (bicyclic) bond motifs is 1. The topological polar surface area (TPSA) is 78.2 Å². The molecule has 2 N–H and O–H groups in total. The van der Waals surface area contributed by atoms with Gasteiger partial charge in [0, 0.05) is 30.2 Å². The lowest BCUT2D eigenvalue weighted by molar-refractivity contribution is -0.115. The molecule has 1 heterocycles. The smallest absolute Gasteiger partial charge is 0.228 e. The summed E-state index contributed by atoms with van der Waals surface area (Å²) in [5.74, 6) is 0.465. The van der Waals surface area contributed by atoms with Crippen LogP contribution in [0.3, 0.4) is 0 Å². The minimum absolute atomic E-state index is 0.00677. The number of allylic oxidation sites excluding steroid dienone is 1. The third-order valence-corrected chi connectivity index (χ3v) is 5.43. The van der Waals surface area contributed by atoms with E-state index in [-0.39, 0.29) is 5.91 Å². The lowest BCUT2D eigenvalue weighted by Gasteiger charge is -2.13. The van der Waals surface area contributed by atoms with Gasteiger partial charge < -0.3 is 10.6 Å². The molecule has 1 amide bonds. The molecule has 0 spiro atoms. The number of hydrogen-bond acceptors (Lipinski definition) is 3. The van der Waals surface area contributed by atoms with Crippen LogP contribution in [0.25, 0.3) is 11.1 Å². The van der Waals surface area contributed by atoms with Crippen molar-refractivity contribution in [1.82, 2.24) is 0 Å². The van der Waals surface area contributed by atoms with Crippen LogP contribution in [0.4, 0.5) is 11.4 Å². The molecular formula is C28H27N5O. The Hall–Kier alpha value is -4.32. The predicted octanol–water partition coefficient (Wildman–Crippen LogP) is 5.73. The zero-order chi connectivity index (χ0) is 23.9. The van der Waals surface area contributed by atoms with E-state index in [1.165, 1.54) is 0 Å². The maximum atomic E-state index is 11.7. The first-order chi connectivity index (χ1) is 16.6. The summed E-state index contributed by atoms with van der Waals surface area (Å²) in [7, 11) is 1.69. The number of guanidine groups is 1. The van der Waals surface area contributed by atoms with Gasteiger partial charge in [0.2, 0.25) is 11.9 Å². The molecule has 0 radical (unpaired) electrons. The van der Waals surface area contributed by atoms with Gasteiger partial charge in [-0.3, -0.25) is 14.8 Å². The first-order valence-corrected chi connectivity index (χ1v) is 11.1. The summed E-state index contributed by atoms with van der Waals surface area (Å²) in [6.45, 7) is 3.87. The number of benzene rings is 3. The van der Waals surface area contributed by atoms with Gasteiger partial charge in [0.05, 0.1) is 17.8 Å². The quantitative estimate of drug-likeness (QED) is 0.385. The van der Waals surface area contributed by atoms with E-state index in [2.05, 4.69) is 39.9 Å². The lowest BCUT2D eigenvalue weighted by atomic mass is 9.95. The Bertz CT molecular complexity index is 1320. The van der Waals surface area contributed by atoms with Gasteiger partial charge in [-0.2, -0.15) is 0 Å². The number of hydrogen-bond donors (Lipinski definition) is 2. The summed E-state index contributed by atoms with van der Waals surface area (Å²) in [6, 6.07) is 24.2. The maximum absolute atomic E-state index is 11.7. The molecule has 0 atom stereocenters. The van der Waals surface area contributed by atoms with Crippen LogP contribution in [0.1, 0.15) is 25.0 Å². The number of aliphatic imine (C=N–C) groups is 3. The Balaban J connectivity index is 1.67. The van der Waals surface area contributed by atoms with Gasteiger partial charge in [-0.1, -0.05) is 60.7 Å². The van der Waals surface area contributed by atoms with Gasteiger partial charge >= 0.3 is 0 Å². The van der Waals surface area contributed by atoms with E-state index >= 15 is 0 Å². The fourth-order valence-corrected chi connectivity index (χ4v) is 3.85. The standard InChI is InChI=1S/C28H27N5O/c1-4-16-30-27(24-13-9-8-12-23(24)20-10-6-5-7-11-20)19(2)31-28(29-3)32-22-14-15-25-21(17-22)18-26(34)33-25/h4-17H,18H2,1-3H3,(H,29,32)(H,33,34)/b16-4-,30-27+,31-19+. The molecule has 3 aromatic carbocycles. The predicted molar refractivity (Wildman–Crippen MR) is 142 cm³/mol. The van der Waals surface area contributed by atoms with E-state index in [1.807, 2.05) is 68.5 Å². The van der Waals surface area contributed by atoms with Gasteiger partial charge in [0.25, 0.3) is 0 Å². The highest BCUT2D eigenvalue weighted by Crippen LogP contribution is 2.27. The molecule has 0 aliphatic carbocycles. The minimum Gasteiger partial charge on any atom is -0.326 e. The van der Waals surface area contributed by atoms with E-state index < -0.39 is 0 Å². The van der Waals surface area contributed by atoms with E-state index in [4.69, 9.17) is 9.98 Å². The highest BCUT2D eigenvalue weighted by atomic mass is 16.1. The van der Waals surface area contributed by atoms with E-state index in [9.17, 15) is 4.79 Å². The van der Waals surface area contributed by atoms with E-state index in [1.54, 1.807) is 13.2 Å². The fourth-order valence-electron chi connectivity index (χ4n) is 3.85. The van der Waals surface area contributed by atoms with Crippen molar-refractivity contribution in [2.45, 2.75) is 20.3 Å². The molecule has 0 fully saturated rings. The number of nitrogens with one attached hydrogen (secondary N) is 2. The molecule has 6 heteroatoms. The minimum atomic E-state index is 0.00677. The van der Waals surface area contributed by atoms with Crippen LogP contribution in [0.15, 0.2) is 100 Å². The van der Waals surface area contributed by atoms with Crippen LogP contribution >= 0.6 is 0 Å². The van der Waals surface area contributed by atoms with Crippen molar-refractivity contribution in [3.05, 3.63) is 96.2 Å². The van der Waals surface area contributed by atoms with Crippen molar-refractivity contribution in [1.29, 1.82) is 0 Å². The van der Waals surface area contributed by atoms with Crippen LogP contribution in [0.2, 0.25) is 0 Å². The molecular weight excluding hydrogens is 422 g/mol. The number of nitrogens with zero attached hydrogens (tertiary/aromatic N) is 3. The lowest BCUT2D eigenvalue weighted by Crippen LogP contribution is -2.18. The van der Waals surface area contributed by atoms with Crippen molar-refractivity contribution >= 4 is 34.7 Å². The molecule has 170 valence electrons. The second-order valence-corrected chi connectivity index (χ2v) is 7.84. The van der Waals surface area contributed by atoms with Gasteiger partial charge in [-0.05, 0) is 48.7 Å². The number of amides is 1. The van der Waals surface area contributed by atoms with Gasteiger partial charge in [-0.15, -0.1) is 0 Å². The third-order valence-electron chi connectivity index (χ3n) is 5.43. The maximum Gasteiger partial charge on any atom is 0.228 e. The Morgan fingerprint density at radius 1 is 1.03 bits per heavy atom. The molecule has 0 saturated carbocycles. The molecule has 1 aliphatic rings. The van der Waals surface area contributed by atoms with Crippen LogP contribution in [-0.2, 0) is 11.2 Å². The first kappa shape index (κ1) is 22.9. The molecule has 1 aliphatic heterocycles. The average molecular weight is 450 g/mol. The second kappa shape index (κ2) is 10.5. The normalized spacial score (nSPS) is 14.3. The number of rotatable bonds is 5. The molecule has 4 rings (SSSR count). The molecule has 0 unspecified atom stereocenters. The van der Waals surface area contributed by atoms with Gasteiger partial charge in [0.15, 0.2) is 0 Å². The van der Waals surface area contributed by atoms with Crippen molar-refractivity contribution in [2.24, 2.45) is 15.0 Å². The highest BCUT2D eigenvalue weighted by molar-refractivity contribution is 6.50. The molecule has 0 saturated heterocycles. The first-order valence-electron chi connectivity index (χ1n) is 11.1. The summed E-state index contributed by atoms with van der Waals surface area (Å²) in [4.78, 5) is 25.5. The Morgan fingerprint density at radius 2 is 1.79 bits per heavy atom. The van der Waals surface area contributed by atoms with Crippen LogP contribution < -0.4 is 10.6 Å². The summed E-state index contributed by atoms with van der Waals surface area (Å²) in [5, 5.41) is 6.11. The number of anilines is 2. The SMILES string of the molecule is C\C=C/N=C(\C(C)=N\C(=NC)Nc1ccc2c(c1)CC(=O)N2)c1ccccc1-c1ccccc1. The van der Waals surface area contributed by atoms with E-state index in [0.29, 0.717) is 12.4 Å². The largest absolute Gasteiger partial charge is 0.326 e. The van der Waals surface area contributed by atoms with Crippen LogP contribution in [-0.4, -0.2) is 30.3 Å². The van der Waals surface area contributed by atoms with Gasteiger partial charge in [0.1, 0.15) is 0 Å². The summed E-state index contributed by atoms with van der Waals surface area (Å²) in [5.41, 5.74) is 7.32. The summed E-state index contributed by atoms with van der Waals surface area (Å²) in [6.07, 6.45) is 4.05. The van der Waals surface area contributed by atoms with Crippen LogP contribution in [0.5, 0.6) is 0 Å². The molecule has 0 bridgehead atoms. The van der Waals surface area contributed by atoms with Crippen molar-refractivity contribution in [3.63, 3.8) is 0 Å². The fraction of sp³-hybridized carbons (Fsp3) is 0.143. The van der Waals surface area contributed by atoms with Crippen molar-refractivity contribution < 1.29 is 4.79 Å². The molecule has 0 aromatic heterocycles. The zero-order valence-corrected chi connectivity index (χ0v) is 19.5. The van der Waals surface area contributed by atoms with Gasteiger partial charge in [-0.25, -0.2) is 4.99 Å². The average Bonchev–Trinajstić information content (AvgIpc) is 3.24. The summed E-state index contributed by atoms with van der Waals surface area (Å²) < 4.78 is 0. The highest BCUT2D eigenvalue weighted by Gasteiger charge is 2.18. The van der Waals surface area contributed by atoms with Crippen molar-refractivity contribution in [3.8, 4) is 11.1 Å². The number of carbonyl (C=O) groups is 1. The third kappa shape index (κ3) is 5.18. The Morgan fingerprint density at radius 3 is 2.56 bits per heavy atom. The van der Waals surface area contributed by atoms with Crippen molar-refractivity contribution in [2.75, 3.05) is 17.7 Å². The molecule has 34 heavy (non-hydrogen) atoms.